The Morgan fingerprint density at radius 2 is 1.94 bits per heavy atom. The van der Waals surface area contributed by atoms with Gasteiger partial charge in [-0.3, -0.25) is 9.69 Å². The Bertz CT molecular complexity index is 1040. The van der Waals surface area contributed by atoms with E-state index in [2.05, 4.69) is 55.2 Å². The van der Waals surface area contributed by atoms with Gasteiger partial charge < -0.3 is 10.6 Å². The highest BCUT2D eigenvalue weighted by atomic mass is 16.2. The van der Waals surface area contributed by atoms with Crippen LogP contribution in [0, 0.1) is 6.92 Å². The molecule has 1 atom stereocenters. The zero-order valence-corrected chi connectivity index (χ0v) is 18.3. The lowest BCUT2D eigenvalue weighted by atomic mass is 9.80. The molecular weight excluding hydrogens is 384 g/mol. The number of hydrogen-bond acceptors (Lipinski definition) is 4. The largest absolute Gasteiger partial charge is 0.370 e. The summed E-state index contributed by atoms with van der Waals surface area (Å²) in [4.78, 5) is 22.6. The molecule has 0 bridgehead atoms. The summed E-state index contributed by atoms with van der Waals surface area (Å²) in [6, 6.07) is 18.2. The Labute approximate surface area is 184 Å². The molecule has 0 saturated heterocycles. The van der Waals surface area contributed by atoms with Crippen molar-refractivity contribution in [3.05, 3.63) is 89.5 Å². The molecule has 2 aromatic rings. The summed E-state index contributed by atoms with van der Waals surface area (Å²) in [5.41, 5.74) is 9.40. The van der Waals surface area contributed by atoms with Gasteiger partial charge in [0.2, 0.25) is 0 Å². The number of carbonyl (C=O) groups excluding carboxylic acids is 1. The Balaban J connectivity index is 1.62. The van der Waals surface area contributed by atoms with Gasteiger partial charge in [0.25, 0.3) is 5.91 Å². The minimum atomic E-state index is -1.09. The van der Waals surface area contributed by atoms with Crippen LogP contribution < -0.4 is 10.6 Å². The molecular formula is C26H30N4O. The third-order valence-corrected chi connectivity index (χ3v) is 6.06. The van der Waals surface area contributed by atoms with Crippen molar-refractivity contribution in [3.8, 4) is 0 Å². The molecule has 2 N–H and O–H groups in total. The second kappa shape index (κ2) is 8.80. The van der Waals surface area contributed by atoms with Crippen molar-refractivity contribution >= 4 is 17.6 Å². The first-order chi connectivity index (χ1) is 15.1. The summed E-state index contributed by atoms with van der Waals surface area (Å²) >= 11 is 0. The molecule has 0 radical (unpaired) electrons. The minimum absolute atomic E-state index is 0.0747. The number of allylic oxidation sites excluding steroid dienone is 2. The van der Waals surface area contributed by atoms with Gasteiger partial charge in [0.15, 0.2) is 11.5 Å². The molecule has 2 aliphatic rings. The number of amides is 1. The number of rotatable bonds is 7. The van der Waals surface area contributed by atoms with E-state index in [-0.39, 0.29) is 11.9 Å². The van der Waals surface area contributed by atoms with Crippen molar-refractivity contribution < 1.29 is 4.79 Å². The van der Waals surface area contributed by atoms with Gasteiger partial charge >= 0.3 is 0 Å². The number of likely N-dealkylation sites (N-methyl/N-ethyl adjacent to an activating group) is 1. The zero-order chi connectivity index (χ0) is 21.8. The Morgan fingerprint density at radius 1 is 1.13 bits per heavy atom. The molecule has 0 fully saturated rings. The fourth-order valence-electron chi connectivity index (χ4n) is 4.41. The summed E-state index contributed by atoms with van der Waals surface area (Å²) in [7, 11) is 0. The smallest absolute Gasteiger partial charge is 0.266 e. The van der Waals surface area contributed by atoms with E-state index in [4.69, 9.17) is 10.7 Å². The van der Waals surface area contributed by atoms with E-state index in [9.17, 15) is 4.79 Å². The standard InChI is InChI=1S/C26H30N4O/c1-3-29(23-16-10-11-20(2)19-23)17-18-30-24(31)26(28-25(30)27,21-12-6-4-7-13-21)22-14-8-5-9-15-22/h4,6-8,10-16,19H,3,5,9,17-18H2,1-2H3,(H2,27,28). The van der Waals surface area contributed by atoms with Gasteiger partial charge in [-0.25, -0.2) is 4.99 Å². The number of carbonyl (C=O) groups is 1. The van der Waals surface area contributed by atoms with Crippen LogP contribution in [0.25, 0.3) is 0 Å². The lowest BCUT2D eigenvalue weighted by molar-refractivity contribution is -0.130. The first-order valence-corrected chi connectivity index (χ1v) is 11.0. The van der Waals surface area contributed by atoms with E-state index in [1.807, 2.05) is 36.4 Å². The normalized spacial score (nSPS) is 20.6. The van der Waals surface area contributed by atoms with Crippen molar-refractivity contribution in [2.45, 2.75) is 32.2 Å². The van der Waals surface area contributed by atoms with Crippen LogP contribution in [0.5, 0.6) is 0 Å². The number of benzene rings is 2. The van der Waals surface area contributed by atoms with Crippen LogP contribution in [-0.2, 0) is 10.3 Å². The van der Waals surface area contributed by atoms with Crippen LogP contribution in [0.3, 0.4) is 0 Å². The number of nitrogens with two attached hydrogens (primary N) is 1. The highest BCUT2D eigenvalue weighted by molar-refractivity contribution is 6.09. The van der Waals surface area contributed by atoms with Crippen molar-refractivity contribution in [2.24, 2.45) is 10.7 Å². The van der Waals surface area contributed by atoms with Crippen LogP contribution in [0.2, 0.25) is 0 Å². The van der Waals surface area contributed by atoms with Crippen LogP contribution in [0.15, 0.2) is 83.4 Å². The van der Waals surface area contributed by atoms with Crippen LogP contribution in [0.1, 0.15) is 30.9 Å². The molecule has 5 heteroatoms. The molecule has 1 amide bonds. The molecule has 1 unspecified atom stereocenters. The van der Waals surface area contributed by atoms with Crippen molar-refractivity contribution in [3.63, 3.8) is 0 Å². The second-order valence-corrected chi connectivity index (χ2v) is 8.06. The Morgan fingerprint density at radius 3 is 2.61 bits per heavy atom. The average Bonchev–Trinajstić information content (AvgIpc) is 3.06. The highest BCUT2D eigenvalue weighted by Gasteiger charge is 2.51. The highest BCUT2D eigenvalue weighted by Crippen LogP contribution is 2.41. The zero-order valence-electron chi connectivity index (χ0n) is 18.3. The topological polar surface area (TPSA) is 61.9 Å². The summed E-state index contributed by atoms with van der Waals surface area (Å²) in [5.74, 6) is 0.211. The number of anilines is 1. The maximum absolute atomic E-state index is 13.9. The molecule has 1 heterocycles. The second-order valence-electron chi connectivity index (χ2n) is 8.06. The summed E-state index contributed by atoms with van der Waals surface area (Å²) in [6.07, 6.45) is 8.14. The number of hydrogen-bond donors (Lipinski definition) is 1. The molecule has 0 spiro atoms. The molecule has 160 valence electrons. The summed E-state index contributed by atoms with van der Waals surface area (Å²) < 4.78 is 0. The molecule has 5 nitrogen and oxygen atoms in total. The Hall–Kier alpha value is -3.34. The van der Waals surface area contributed by atoms with Gasteiger partial charge in [-0.1, -0.05) is 60.7 Å². The predicted octanol–water partition coefficient (Wildman–Crippen LogP) is 4.15. The van der Waals surface area contributed by atoms with Gasteiger partial charge in [-0.15, -0.1) is 0 Å². The molecule has 2 aromatic carbocycles. The average molecular weight is 415 g/mol. The fourth-order valence-corrected chi connectivity index (χ4v) is 4.41. The van der Waals surface area contributed by atoms with E-state index < -0.39 is 5.54 Å². The van der Waals surface area contributed by atoms with E-state index in [1.165, 1.54) is 5.56 Å². The maximum atomic E-state index is 13.9. The predicted molar refractivity (Wildman–Crippen MR) is 127 cm³/mol. The van der Waals surface area contributed by atoms with E-state index >= 15 is 0 Å². The van der Waals surface area contributed by atoms with Crippen LogP contribution in [0.4, 0.5) is 5.69 Å². The SMILES string of the molecule is CCN(CCN1C(=O)C(C2=CCCC=C2)(c2ccccc2)N=C1N)c1cccc(C)c1. The van der Waals surface area contributed by atoms with Gasteiger partial charge in [0.05, 0.1) is 0 Å². The molecule has 1 aliphatic carbocycles. The monoisotopic (exact) mass is 414 g/mol. The third-order valence-electron chi connectivity index (χ3n) is 6.06. The number of nitrogens with zero attached hydrogens (tertiary/aromatic N) is 3. The summed E-state index contributed by atoms with van der Waals surface area (Å²) in [6.45, 7) is 6.23. The van der Waals surface area contributed by atoms with Gasteiger partial charge in [-0.2, -0.15) is 0 Å². The van der Waals surface area contributed by atoms with Gasteiger partial charge in [0.1, 0.15) is 0 Å². The number of aryl methyl sites for hydroxylation is 1. The molecule has 4 rings (SSSR count). The fraction of sp³-hybridized carbons (Fsp3) is 0.308. The van der Waals surface area contributed by atoms with Crippen LogP contribution >= 0.6 is 0 Å². The van der Waals surface area contributed by atoms with E-state index in [0.29, 0.717) is 13.1 Å². The quantitative estimate of drug-likeness (QED) is 0.740. The molecule has 0 aromatic heterocycles. The first-order valence-electron chi connectivity index (χ1n) is 11.0. The lowest BCUT2D eigenvalue weighted by Crippen LogP contribution is -2.47. The van der Waals surface area contributed by atoms with E-state index in [1.54, 1.807) is 4.90 Å². The van der Waals surface area contributed by atoms with Gasteiger partial charge in [0, 0.05) is 25.3 Å². The third kappa shape index (κ3) is 3.88. The van der Waals surface area contributed by atoms with Gasteiger partial charge in [-0.05, 0) is 55.5 Å². The number of aliphatic imine (C=N–C) groups is 1. The van der Waals surface area contributed by atoms with Crippen molar-refractivity contribution in [1.82, 2.24) is 4.90 Å². The van der Waals surface area contributed by atoms with Crippen molar-refractivity contribution in [1.29, 1.82) is 0 Å². The first kappa shape index (κ1) is 20.9. The Kier molecular flexibility index (Phi) is 5.94. The van der Waals surface area contributed by atoms with Crippen molar-refractivity contribution in [2.75, 3.05) is 24.5 Å². The maximum Gasteiger partial charge on any atom is 0.266 e. The van der Waals surface area contributed by atoms with E-state index in [0.717, 1.165) is 36.2 Å². The molecule has 1 aliphatic heterocycles. The van der Waals surface area contributed by atoms with Crippen LogP contribution in [-0.4, -0.2) is 36.4 Å². The number of guanidine groups is 1. The summed E-state index contributed by atoms with van der Waals surface area (Å²) in [5, 5.41) is 0. The minimum Gasteiger partial charge on any atom is -0.370 e. The molecule has 0 saturated carbocycles. The molecule has 31 heavy (non-hydrogen) atoms. The lowest BCUT2D eigenvalue weighted by Gasteiger charge is -2.30.